The van der Waals surface area contributed by atoms with E-state index in [1.165, 1.54) is 48.9 Å². The Morgan fingerprint density at radius 2 is 1.00 bits per heavy atom. The second-order valence-corrected chi connectivity index (χ2v) is 14.2. The van der Waals surface area contributed by atoms with Crippen LogP contribution in [0.5, 0.6) is 0 Å². The van der Waals surface area contributed by atoms with Gasteiger partial charge in [0.1, 0.15) is 11.9 Å². The van der Waals surface area contributed by atoms with Crippen molar-refractivity contribution < 1.29 is 0 Å². The van der Waals surface area contributed by atoms with Gasteiger partial charge in [0, 0.05) is 12.1 Å². The molecular formula is C44H35N2P. The lowest BCUT2D eigenvalue weighted by molar-refractivity contribution is 0.305. The van der Waals surface area contributed by atoms with Gasteiger partial charge < -0.3 is 4.90 Å². The summed E-state index contributed by atoms with van der Waals surface area (Å²) in [5, 5.41) is 6.45. The lowest BCUT2D eigenvalue weighted by Crippen LogP contribution is -2.35. The Morgan fingerprint density at radius 1 is 0.489 bits per heavy atom. The van der Waals surface area contributed by atoms with Crippen molar-refractivity contribution in [1.29, 1.82) is 0 Å². The molecule has 0 aromatic heterocycles. The summed E-state index contributed by atoms with van der Waals surface area (Å²) in [7, 11) is -0.879. The second-order valence-electron chi connectivity index (χ2n) is 12.0. The highest BCUT2D eigenvalue weighted by molar-refractivity contribution is 7.80. The molecule has 7 aromatic rings. The summed E-state index contributed by atoms with van der Waals surface area (Å²) >= 11 is 0. The number of hydrogen-bond acceptors (Lipinski definition) is 2. The van der Waals surface area contributed by atoms with Gasteiger partial charge in [0.2, 0.25) is 0 Å². The molecule has 7 aromatic carbocycles. The van der Waals surface area contributed by atoms with Crippen molar-refractivity contribution in [1.82, 2.24) is 4.90 Å². The first-order chi connectivity index (χ1) is 23.3. The Bertz CT molecular complexity index is 2080. The van der Waals surface area contributed by atoms with Crippen molar-refractivity contribution in [3.05, 3.63) is 210 Å². The fourth-order valence-corrected chi connectivity index (χ4v) is 9.39. The predicted octanol–water partition coefficient (Wildman–Crippen LogP) is 9.34. The summed E-state index contributed by atoms with van der Waals surface area (Å²) in [6.07, 6.45) is 0. The quantitative estimate of drug-likeness (QED) is 0.154. The average Bonchev–Trinajstić information content (AvgIpc) is 3.52. The van der Waals surface area contributed by atoms with Crippen molar-refractivity contribution in [2.75, 3.05) is 0 Å². The number of nitrogens with zero attached hydrogens (tertiary/aromatic N) is 2. The highest BCUT2D eigenvalue weighted by Crippen LogP contribution is 2.46. The van der Waals surface area contributed by atoms with Gasteiger partial charge in [-0.2, -0.15) is 0 Å². The second kappa shape index (κ2) is 13.2. The monoisotopic (exact) mass is 622 g/mol. The molecule has 0 amide bonds. The minimum atomic E-state index is -0.879. The van der Waals surface area contributed by atoms with Gasteiger partial charge in [-0.15, -0.1) is 0 Å². The Kier molecular flexibility index (Phi) is 8.18. The van der Waals surface area contributed by atoms with E-state index in [4.69, 9.17) is 4.99 Å². The molecule has 226 valence electrons. The van der Waals surface area contributed by atoms with E-state index in [0.717, 1.165) is 12.4 Å². The van der Waals surface area contributed by atoms with Gasteiger partial charge >= 0.3 is 0 Å². The molecule has 47 heavy (non-hydrogen) atoms. The number of amidine groups is 1. The van der Waals surface area contributed by atoms with E-state index in [9.17, 15) is 0 Å². The number of benzene rings is 7. The summed E-state index contributed by atoms with van der Waals surface area (Å²) < 4.78 is 0. The molecule has 0 spiro atoms. The van der Waals surface area contributed by atoms with Gasteiger partial charge in [-0.25, -0.2) is 0 Å². The zero-order chi connectivity index (χ0) is 31.4. The topological polar surface area (TPSA) is 15.6 Å². The Labute approximate surface area is 278 Å². The first-order valence-electron chi connectivity index (χ1n) is 16.3. The van der Waals surface area contributed by atoms with Crippen molar-refractivity contribution in [3.8, 4) is 0 Å². The summed E-state index contributed by atoms with van der Waals surface area (Å²) in [5.74, 6) is 1.06. The number of fused-ring (bicyclic) bond motifs is 1. The van der Waals surface area contributed by atoms with Gasteiger partial charge in [-0.3, -0.25) is 4.99 Å². The standard InChI is InChI=1S/C44H35N2P/c1-6-18-33(19-7-1)32-46-43(36-23-10-3-11-24-36)42(35-21-8-2-9-22-35)45-44(46)41-39-29-17-16-20-34(39)30-31-40(41)47(37-25-12-4-13-26-37)38-27-14-5-15-28-38/h1-31,42-43H,32H2/t42-,43-/m0/s1. The van der Waals surface area contributed by atoms with Gasteiger partial charge in [0.15, 0.2) is 0 Å². The average molecular weight is 623 g/mol. The summed E-state index contributed by atoms with van der Waals surface area (Å²) in [6.45, 7) is 0.750. The van der Waals surface area contributed by atoms with Crippen LogP contribution >= 0.6 is 7.92 Å². The molecule has 0 fully saturated rings. The lowest BCUT2D eigenvalue weighted by atomic mass is 9.93. The Morgan fingerprint density at radius 3 is 1.62 bits per heavy atom. The van der Waals surface area contributed by atoms with Crippen LogP contribution in [0.1, 0.15) is 34.3 Å². The van der Waals surface area contributed by atoms with Crippen molar-refractivity contribution in [2.45, 2.75) is 18.6 Å². The minimum absolute atomic E-state index is 0.0281. The molecule has 1 heterocycles. The van der Waals surface area contributed by atoms with Gasteiger partial charge in [-0.1, -0.05) is 188 Å². The SMILES string of the molecule is c1ccc(CN2C(c3c(P(c4ccccc4)c4ccccc4)ccc4ccccc34)=N[C@@H](c3ccccc3)[C@@H]2c2ccccc2)cc1. The Hall–Kier alpha value is -5.30. The van der Waals surface area contributed by atoms with E-state index >= 15 is 0 Å². The number of aliphatic imine (C=N–C) groups is 1. The van der Waals surface area contributed by atoms with Crippen LogP contribution in [0.15, 0.2) is 193 Å². The Balaban J connectivity index is 1.42. The fourth-order valence-electron chi connectivity index (χ4n) is 6.92. The maximum absolute atomic E-state index is 5.80. The smallest absolute Gasteiger partial charge is 0.133 e. The first kappa shape index (κ1) is 29.1. The molecule has 0 unspecified atom stereocenters. The van der Waals surface area contributed by atoms with Crippen LogP contribution < -0.4 is 15.9 Å². The van der Waals surface area contributed by atoms with Crippen LogP contribution in [0.25, 0.3) is 10.8 Å². The van der Waals surface area contributed by atoms with Crippen LogP contribution in [0, 0.1) is 0 Å². The molecular weight excluding hydrogens is 587 g/mol. The molecule has 0 bridgehead atoms. The minimum Gasteiger partial charge on any atom is -0.342 e. The number of rotatable bonds is 8. The zero-order valence-corrected chi connectivity index (χ0v) is 27.0. The van der Waals surface area contributed by atoms with E-state index in [-0.39, 0.29) is 12.1 Å². The highest BCUT2D eigenvalue weighted by atomic mass is 31.1. The largest absolute Gasteiger partial charge is 0.342 e. The molecule has 2 nitrogen and oxygen atoms in total. The molecule has 8 rings (SSSR count). The molecule has 2 atom stereocenters. The number of hydrogen-bond donors (Lipinski definition) is 0. The fraction of sp³-hybridized carbons (Fsp3) is 0.0682. The molecule has 1 aliphatic heterocycles. The molecule has 0 radical (unpaired) electrons. The van der Waals surface area contributed by atoms with E-state index in [1.54, 1.807) is 0 Å². The van der Waals surface area contributed by atoms with Gasteiger partial charge in [0.25, 0.3) is 0 Å². The van der Waals surface area contributed by atoms with Crippen LogP contribution in [-0.4, -0.2) is 10.7 Å². The van der Waals surface area contributed by atoms with Crippen molar-refractivity contribution >= 4 is 40.4 Å². The van der Waals surface area contributed by atoms with Gasteiger partial charge in [0.05, 0.1) is 6.04 Å². The first-order valence-corrected chi connectivity index (χ1v) is 17.6. The van der Waals surface area contributed by atoms with Crippen LogP contribution in [-0.2, 0) is 6.54 Å². The van der Waals surface area contributed by atoms with Gasteiger partial charge in [-0.05, 0) is 51.3 Å². The predicted molar refractivity (Wildman–Crippen MR) is 200 cm³/mol. The molecule has 3 heteroatoms. The third kappa shape index (κ3) is 5.78. The molecule has 0 saturated carbocycles. The molecule has 0 N–H and O–H groups in total. The summed E-state index contributed by atoms with van der Waals surface area (Å²) in [4.78, 5) is 8.38. The third-order valence-corrected chi connectivity index (χ3v) is 11.5. The van der Waals surface area contributed by atoms with E-state index in [1.807, 2.05) is 0 Å². The van der Waals surface area contributed by atoms with Crippen molar-refractivity contribution in [3.63, 3.8) is 0 Å². The van der Waals surface area contributed by atoms with E-state index in [0.29, 0.717) is 0 Å². The summed E-state index contributed by atoms with van der Waals surface area (Å²) in [5.41, 5.74) is 5.00. The summed E-state index contributed by atoms with van der Waals surface area (Å²) in [6, 6.07) is 68.1. The lowest BCUT2D eigenvalue weighted by Gasteiger charge is -2.33. The van der Waals surface area contributed by atoms with Crippen molar-refractivity contribution in [2.24, 2.45) is 4.99 Å². The molecule has 0 saturated heterocycles. The van der Waals surface area contributed by atoms with Crippen LogP contribution in [0.2, 0.25) is 0 Å². The maximum Gasteiger partial charge on any atom is 0.133 e. The van der Waals surface area contributed by atoms with Crippen LogP contribution in [0.3, 0.4) is 0 Å². The molecule has 0 aliphatic carbocycles. The van der Waals surface area contributed by atoms with Crippen LogP contribution in [0.4, 0.5) is 0 Å². The zero-order valence-electron chi connectivity index (χ0n) is 26.1. The normalized spacial score (nSPS) is 16.0. The van der Waals surface area contributed by atoms with E-state index < -0.39 is 7.92 Å². The molecule has 1 aliphatic rings. The maximum atomic E-state index is 5.80. The van der Waals surface area contributed by atoms with E-state index in [2.05, 4.69) is 193 Å². The third-order valence-electron chi connectivity index (χ3n) is 9.05. The highest BCUT2D eigenvalue weighted by Gasteiger charge is 2.40.